The van der Waals surface area contributed by atoms with Crippen molar-refractivity contribution >= 4 is 5.91 Å². The summed E-state index contributed by atoms with van der Waals surface area (Å²) in [6, 6.07) is 8.41. The summed E-state index contributed by atoms with van der Waals surface area (Å²) in [6.45, 7) is 4.83. The summed E-state index contributed by atoms with van der Waals surface area (Å²) in [4.78, 5) is 14.1. The normalized spacial score (nSPS) is 25.1. The van der Waals surface area contributed by atoms with E-state index < -0.39 is 0 Å². The van der Waals surface area contributed by atoms with Crippen molar-refractivity contribution in [2.24, 2.45) is 5.73 Å². The Hall–Kier alpha value is -1.35. The predicted octanol–water partition coefficient (Wildman–Crippen LogP) is 2.40. The molecule has 1 amide bonds. The molecule has 98 valence electrons. The molecule has 1 heterocycles. The molecule has 0 saturated carbocycles. The number of hydrogen-bond donors (Lipinski definition) is 1. The molecule has 1 aliphatic heterocycles. The van der Waals surface area contributed by atoms with Crippen LogP contribution in [0.25, 0.3) is 0 Å². The van der Waals surface area contributed by atoms with Crippen LogP contribution in [0.5, 0.6) is 0 Å². The molecule has 1 fully saturated rings. The second kappa shape index (κ2) is 5.53. The Balaban J connectivity index is 2.38. The van der Waals surface area contributed by atoms with Gasteiger partial charge >= 0.3 is 0 Å². The number of nitrogens with two attached hydrogens (primary N) is 1. The Morgan fingerprint density at radius 3 is 2.89 bits per heavy atom. The molecule has 3 heteroatoms. The Morgan fingerprint density at radius 1 is 1.44 bits per heavy atom. The fourth-order valence-electron chi connectivity index (χ4n) is 2.83. The summed E-state index contributed by atoms with van der Waals surface area (Å²) in [7, 11) is 0. The summed E-state index contributed by atoms with van der Waals surface area (Å²) in [5, 5.41) is 0. The Morgan fingerprint density at radius 2 is 2.22 bits per heavy atom. The van der Waals surface area contributed by atoms with Crippen LogP contribution in [-0.4, -0.2) is 23.4 Å². The molecule has 1 aromatic rings. The molecular weight excluding hydrogens is 224 g/mol. The van der Waals surface area contributed by atoms with Crippen LogP contribution in [-0.2, 0) is 4.79 Å². The second-order valence-electron chi connectivity index (χ2n) is 5.09. The van der Waals surface area contributed by atoms with E-state index >= 15 is 0 Å². The van der Waals surface area contributed by atoms with Gasteiger partial charge in [0.1, 0.15) is 0 Å². The molecule has 0 aromatic heterocycles. The van der Waals surface area contributed by atoms with Gasteiger partial charge in [0.2, 0.25) is 5.91 Å². The van der Waals surface area contributed by atoms with Gasteiger partial charge in [-0.3, -0.25) is 4.79 Å². The highest BCUT2D eigenvalue weighted by Crippen LogP contribution is 2.30. The molecule has 1 aromatic carbocycles. The number of rotatable bonds is 2. The smallest absolute Gasteiger partial charge is 0.223 e. The van der Waals surface area contributed by atoms with Crippen molar-refractivity contribution in [2.75, 3.05) is 6.54 Å². The van der Waals surface area contributed by atoms with E-state index in [4.69, 9.17) is 5.73 Å². The van der Waals surface area contributed by atoms with Gasteiger partial charge in [-0.2, -0.15) is 0 Å². The molecule has 1 saturated heterocycles. The highest BCUT2D eigenvalue weighted by Gasteiger charge is 2.31. The van der Waals surface area contributed by atoms with Crippen molar-refractivity contribution in [3.05, 3.63) is 35.4 Å². The number of nitrogens with zero attached hydrogens (tertiary/aromatic N) is 1. The van der Waals surface area contributed by atoms with Gasteiger partial charge in [-0.15, -0.1) is 0 Å². The number of hydrogen-bond acceptors (Lipinski definition) is 2. The maximum atomic E-state index is 12.1. The first kappa shape index (κ1) is 13.1. The van der Waals surface area contributed by atoms with Gasteiger partial charge in [-0.05, 0) is 32.3 Å². The zero-order valence-electron chi connectivity index (χ0n) is 11.2. The molecule has 0 radical (unpaired) electrons. The third kappa shape index (κ3) is 2.56. The van der Waals surface area contributed by atoms with Crippen LogP contribution < -0.4 is 5.73 Å². The number of aryl methyl sites for hydroxylation is 1. The summed E-state index contributed by atoms with van der Waals surface area (Å²) in [5.41, 5.74) is 8.68. The number of amides is 1. The van der Waals surface area contributed by atoms with E-state index in [0.29, 0.717) is 6.42 Å². The lowest BCUT2D eigenvalue weighted by molar-refractivity contribution is -0.133. The molecule has 0 spiro atoms. The minimum atomic E-state index is 0.0323. The molecular formula is C15H22N2O. The van der Waals surface area contributed by atoms with Crippen LogP contribution in [0.4, 0.5) is 0 Å². The van der Waals surface area contributed by atoms with Crippen LogP contribution in [0.3, 0.4) is 0 Å². The largest absolute Gasteiger partial charge is 0.334 e. The summed E-state index contributed by atoms with van der Waals surface area (Å²) in [6.07, 6.45) is 2.45. The molecule has 2 unspecified atom stereocenters. The molecule has 2 atom stereocenters. The highest BCUT2D eigenvalue weighted by molar-refractivity contribution is 5.77. The lowest BCUT2D eigenvalue weighted by Crippen LogP contribution is -2.42. The van der Waals surface area contributed by atoms with Gasteiger partial charge in [0.25, 0.3) is 0 Å². The Kier molecular flexibility index (Phi) is 4.02. The SMILES string of the molecule is CCN1C(=O)CCCC(N)C1c1cccc(C)c1. The lowest BCUT2D eigenvalue weighted by atomic mass is 9.95. The second-order valence-corrected chi connectivity index (χ2v) is 5.09. The van der Waals surface area contributed by atoms with Crippen LogP contribution in [0, 0.1) is 6.92 Å². The third-order valence-corrected chi connectivity index (χ3v) is 3.71. The average molecular weight is 246 g/mol. The monoisotopic (exact) mass is 246 g/mol. The van der Waals surface area contributed by atoms with Gasteiger partial charge in [-0.25, -0.2) is 0 Å². The van der Waals surface area contributed by atoms with E-state index in [0.717, 1.165) is 19.4 Å². The molecule has 0 bridgehead atoms. The summed E-state index contributed by atoms with van der Waals surface area (Å²) in [5.74, 6) is 0.233. The van der Waals surface area contributed by atoms with Crippen molar-refractivity contribution in [1.29, 1.82) is 0 Å². The molecule has 3 nitrogen and oxygen atoms in total. The predicted molar refractivity (Wildman–Crippen MR) is 73.1 cm³/mol. The summed E-state index contributed by atoms with van der Waals surface area (Å²) >= 11 is 0. The number of likely N-dealkylation sites (N-methyl/N-ethyl adjacent to an activating group) is 1. The first-order valence-corrected chi connectivity index (χ1v) is 6.75. The summed E-state index contributed by atoms with van der Waals surface area (Å²) < 4.78 is 0. The van der Waals surface area contributed by atoms with Gasteiger partial charge in [0.05, 0.1) is 6.04 Å². The highest BCUT2D eigenvalue weighted by atomic mass is 16.2. The van der Waals surface area contributed by atoms with Crippen molar-refractivity contribution in [1.82, 2.24) is 4.90 Å². The van der Waals surface area contributed by atoms with Gasteiger partial charge in [0.15, 0.2) is 0 Å². The van der Waals surface area contributed by atoms with Crippen molar-refractivity contribution < 1.29 is 4.79 Å². The number of likely N-dealkylation sites (tertiary alicyclic amines) is 1. The van der Waals surface area contributed by atoms with Crippen molar-refractivity contribution in [3.8, 4) is 0 Å². The first-order chi connectivity index (χ1) is 8.63. The zero-order chi connectivity index (χ0) is 13.1. The van der Waals surface area contributed by atoms with Gasteiger partial charge in [-0.1, -0.05) is 29.8 Å². The topological polar surface area (TPSA) is 46.3 Å². The maximum Gasteiger partial charge on any atom is 0.223 e. The third-order valence-electron chi connectivity index (χ3n) is 3.71. The minimum Gasteiger partial charge on any atom is -0.334 e. The molecule has 2 rings (SSSR count). The quantitative estimate of drug-likeness (QED) is 0.871. The maximum absolute atomic E-state index is 12.1. The number of benzene rings is 1. The van der Waals surface area contributed by atoms with Gasteiger partial charge in [0, 0.05) is 19.0 Å². The fraction of sp³-hybridized carbons (Fsp3) is 0.533. The Labute approximate surface area is 109 Å². The average Bonchev–Trinajstić information content (AvgIpc) is 2.48. The van der Waals surface area contributed by atoms with Crippen LogP contribution in [0.1, 0.15) is 43.4 Å². The standard InChI is InChI=1S/C15H22N2O/c1-3-17-14(18)9-5-8-13(16)15(17)12-7-4-6-11(2)10-12/h4,6-7,10,13,15H,3,5,8-9,16H2,1-2H3. The van der Waals surface area contributed by atoms with Crippen molar-refractivity contribution in [2.45, 2.75) is 45.2 Å². The Bertz CT molecular complexity index is 430. The van der Waals surface area contributed by atoms with E-state index in [1.54, 1.807) is 0 Å². The van der Waals surface area contributed by atoms with E-state index in [2.05, 4.69) is 25.1 Å². The number of carbonyl (C=O) groups excluding carboxylic acids is 1. The molecule has 2 N–H and O–H groups in total. The van der Waals surface area contributed by atoms with Crippen molar-refractivity contribution in [3.63, 3.8) is 0 Å². The first-order valence-electron chi connectivity index (χ1n) is 6.75. The van der Waals surface area contributed by atoms with E-state index in [1.165, 1.54) is 11.1 Å². The van der Waals surface area contributed by atoms with E-state index in [-0.39, 0.29) is 18.0 Å². The van der Waals surface area contributed by atoms with Crippen LogP contribution in [0.2, 0.25) is 0 Å². The molecule has 18 heavy (non-hydrogen) atoms. The minimum absolute atomic E-state index is 0.0323. The zero-order valence-corrected chi connectivity index (χ0v) is 11.2. The molecule has 0 aliphatic carbocycles. The van der Waals surface area contributed by atoms with E-state index in [1.807, 2.05) is 17.9 Å². The fourth-order valence-corrected chi connectivity index (χ4v) is 2.83. The number of carbonyl (C=O) groups is 1. The van der Waals surface area contributed by atoms with E-state index in [9.17, 15) is 4.79 Å². The van der Waals surface area contributed by atoms with Gasteiger partial charge < -0.3 is 10.6 Å². The van der Waals surface area contributed by atoms with Crippen LogP contribution >= 0.6 is 0 Å². The van der Waals surface area contributed by atoms with Crippen LogP contribution in [0.15, 0.2) is 24.3 Å². The lowest BCUT2D eigenvalue weighted by Gasteiger charge is -2.33. The molecule has 1 aliphatic rings.